The summed E-state index contributed by atoms with van der Waals surface area (Å²) in [6.45, 7) is 19.8. The molecular formula is C83H127F5N6O26. The molecule has 4 rings (SSSR count). The summed E-state index contributed by atoms with van der Waals surface area (Å²) in [6.07, 6.45) is -5.26. The molecule has 32 nitrogen and oxygen atoms in total. The minimum Gasteiger partial charge on any atom is -0.463 e. The third kappa shape index (κ3) is 38.4. The number of nitrogens with one attached hydrogen (secondary N) is 6. The number of rotatable bonds is 56. The molecule has 0 bridgehead atoms. The fraction of sp³-hybridized carbons (Fsp3) is 0.759. The number of unbranched alkanes of at least 4 members (excludes halogenated alkanes) is 4. The van der Waals surface area contributed by atoms with Crippen molar-refractivity contribution in [3.05, 3.63) is 34.6 Å². The molecular weight excluding hydrogens is 1590 g/mol. The number of Topliss-reactive ketones (excluding diaryl/α,β-unsaturated/α-hetero) is 2. The molecule has 6 N–H and O–H groups in total. The smallest absolute Gasteiger partial charge is 0.303 e. The number of carbonyl (C=O) groups excluding carboxylic acids is 14. The molecule has 0 saturated carbocycles. The Kier molecular flexibility index (Phi) is 47.5. The summed E-state index contributed by atoms with van der Waals surface area (Å²) in [6, 6.07) is 0. The first-order chi connectivity index (χ1) is 56.8. The van der Waals surface area contributed by atoms with Crippen molar-refractivity contribution in [3.8, 4) is 0 Å². The largest absolute Gasteiger partial charge is 0.463 e. The van der Waals surface area contributed by atoms with Crippen molar-refractivity contribution in [2.24, 2.45) is 35.5 Å². The van der Waals surface area contributed by atoms with Crippen molar-refractivity contribution in [1.82, 2.24) is 31.9 Å². The molecule has 15 atom stereocenters. The Morgan fingerprint density at radius 2 is 0.600 bits per heavy atom. The second kappa shape index (κ2) is 54.9. The van der Waals surface area contributed by atoms with Crippen LogP contribution in [0.5, 0.6) is 0 Å². The Morgan fingerprint density at radius 3 is 0.925 bits per heavy atom. The summed E-state index contributed by atoms with van der Waals surface area (Å²) in [4.78, 5) is 177. The SMILES string of the molecule is CC(=O)OCC1OC(OCCCCC(=O)CCCCNC(=O)CCC(CCC(=O)NCCCNC(=O)CCCCOC2OC(COC(C)=O)C(OC(C)=O)C(C)C2C)(CCC(=O)NCCCNC(=O)CCCCOC2OC(COC(C)=O)C(OC(C)=O)C(C)C2C)NC(=O)CCCC(=O)Cc2c(F)c(F)c(F)c(F)c2F)C(C)C(C)C1OC(C)=O. The molecule has 37 heteroatoms. The van der Waals surface area contributed by atoms with E-state index < -0.39 is 180 Å². The molecule has 3 heterocycles. The van der Waals surface area contributed by atoms with Gasteiger partial charge in [-0.2, -0.15) is 0 Å². The molecule has 3 aliphatic heterocycles. The first kappa shape index (κ1) is 104. The summed E-state index contributed by atoms with van der Waals surface area (Å²) >= 11 is 0. The zero-order valence-electron chi connectivity index (χ0n) is 71.4. The van der Waals surface area contributed by atoms with Crippen molar-refractivity contribution < 1.29 is 146 Å². The van der Waals surface area contributed by atoms with Gasteiger partial charge in [0.15, 0.2) is 42.1 Å². The lowest BCUT2D eigenvalue weighted by molar-refractivity contribution is -0.273. The average molecular weight is 1720 g/mol. The Morgan fingerprint density at radius 1 is 0.317 bits per heavy atom. The van der Waals surface area contributed by atoms with Crippen molar-refractivity contribution in [2.75, 3.05) is 72.4 Å². The van der Waals surface area contributed by atoms with Crippen LogP contribution in [0, 0.1) is 64.6 Å². The maximum atomic E-state index is 14.6. The number of hydrogen-bond donors (Lipinski definition) is 6. The van der Waals surface area contributed by atoms with E-state index in [1.54, 1.807) is 0 Å². The van der Waals surface area contributed by atoms with Gasteiger partial charge in [0.25, 0.3) is 0 Å². The van der Waals surface area contributed by atoms with Crippen LogP contribution >= 0.6 is 0 Å². The molecule has 3 aliphatic rings. The van der Waals surface area contributed by atoms with E-state index in [0.717, 1.165) is 0 Å². The molecule has 0 spiro atoms. The van der Waals surface area contributed by atoms with Gasteiger partial charge in [0.05, 0.1) is 0 Å². The van der Waals surface area contributed by atoms with Gasteiger partial charge in [-0.3, -0.25) is 67.1 Å². The Balaban J connectivity index is 1.38. The van der Waals surface area contributed by atoms with E-state index in [1.165, 1.54) is 41.5 Å². The minimum atomic E-state index is -2.41. The summed E-state index contributed by atoms with van der Waals surface area (Å²) in [5.74, 6) is -19.4. The van der Waals surface area contributed by atoms with Crippen LogP contribution < -0.4 is 31.9 Å². The van der Waals surface area contributed by atoms with Gasteiger partial charge in [-0.05, 0) is 89.9 Å². The van der Waals surface area contributed by atoms with Crippen LogP contribution in [-0.4, -0.2) is 216 Å². The molecule has 0 radical (unpaired) electrons. The van der Waals surface area contributed by atoms with Crippen LogP contribution in [0.25, 0.3) is 0 Å². The summed E-state index contributed by atoms with van der Waals surface area (Å²) < 4.78 is 139. The van der Waals surface area contributed by atoms with Crippen molar-refractivity contribution in [1.29, 1.82) is 0 Å². The molecule has 3 saturated heterocycles. The zero-order chi connectivity index (χ0) is 89.2. The fourth-order valence-electron chi connectivity index (χ4n) is 14.1. The second-order valence-electron chi connectivity index (χ2n) is 31.3. The highest BCUT2D eigenvalue weighted by atomic mass is 19.2. The minimum absolute atomic E-state index is 0.0197. The van der Waals surface area contributed by atoms with Gasteiger partial charge >= 0.3 is 35.8 Å². The highest BCUT2D eigenvalue weighted by Gasteiger charge is 2.48. The highest BCUT2D eigenvalue weighted by molar-refractivity contribution is 5.83. The zero-order valence-corrected chi connectivity index (χ0v) is 71.4. The molecule has 0 aromatic heterocycles. The molecule has 120 heavy (non-hydrogen) atoms. The number of hydrogen-bond acceptors (Lipinski definition) is 26. The van der Waals surface area contributed by atoms with Crippen molar-refractivity contribution in [2.45, 2.75) is 298 Å². The molecule has 1 aromatic carbocycles. The van der Waals surface area contributed by atoms with Crippen LogP contribution in [0.2, 0.25) is 0 Å². The lowest BCUT2D eigenvalue weighted by Gasteiger charge is -2.43. The lowest BCUT2D eigenvalue weighted by atomic mass is 9.82. The van der Waals surface area contributed by atoms with Crippen LogP contribution in [-0.2, 0) is 130 Å². The quantitative estimate of drug-likeness (QED) is 0.00898. The summed E-state index contributed by atoms with van der Waals surface area (Å²) in [5.41, 5.74) is -2.86. The van der Waals surface area contributed by atoms with E-state index in [4.69, 9.17) is 56.8 Å². The van der Waals surface area contributed by atoms with Gasteiger partial charge in [-0.25, -0.2) is 22.0 Å². The molecule has 3 fully saturated rings. The second-order valence-corrected chi connectivity index (χ2v) is 31.3. The average Bonchev–Trinajstić information content (AvgIpc) is 0.833. The molecule has 0 aliphatic carbocycles. The van der Waals surface area contributed by atoms with Crippen LogP contribution in [0.1, 0.15) is 236 Å². The van der Waals surface area contributed by atoms with E-state index >= 15 is 0 Å². The Bertz CT molecular complexity index is 3230. The standard InChI is InChI=1S/C83H127F5N6O26/c1-48-51(4)80(118-63(45-112-54(7)95)77(48)115-57(10)98)109-41-18-14-25-60(101)24-13-17-36-89-68(105)30-33-83(94-71(108)29-21-26-61(102)44-62-72(84)74(86)76(88)75(87)73(62)85,34-31-69(106)92-39-22-37-90-66(103)27-15-19-42-110-81-52(5)49(2)78(116-58(11)99)64(119-81)46-113-55(8)96)35-32-70(107)93-40-23-38-91-67(104)28-16-20-43-111-82-53(6)50(3)79(117-59(12)100)65(120-82)47-114-56(9)97/h48-53,63-65,77-82H,13-47H2,1-12H3,(H,89,105)(H,90,103)(H,91,104)(H,92,106)(H,93,107)(H,94,108). The predicted molar refractivity (Wildman–Crippen MR) is 417 cm³/mol. The fourth-order valence-corrected chi connectivity index (χ4v) is 14.1. The van der Waals surface area contributed by atoms with Gasteiger partial charge in [-0.15, -0.1) is 0 Å². The van der Waals surface area contributed by atoms with Gasteiger partial charge in [0, 0.05) is 205 Å². The number of ketones is 2. The maximum Gasteiger partial charge on any atom is 0.303 e. The first-order valence-corrected chi connectivity index (χ1v) is 41.7. The molecule has 680 valence electrons. The summed E-state index contributed by atoms with van der Waals surface area (Å²) in [5, 5.41) is 16.9. The lowest BCUT2D eigenvalue weighted by Crippen LogP contribution is -2.53. The van der Waals surface area contributed by atoms with Gasteiger partial charge in [-0.1, -0.05) is 41.5 Å². The van der Waals surface area contributed by atoms with E-state index in [0.29, 0.717) is 51.4 Å². The molecule has 1 aromatic rings. The van der Waals surface area contributed by atoms with E-state index in [9.17, 15) is 89.1 Å². The van der Waals surface area contributed by atoms with Gasteiger partial charge in [0.2, 0.25) is 41.3 Å². The molecule has 15 unspecified atom stereocenters. The van der Waals surface area contributed by atoms with E-state index in [-0.39, 0.29) is 209 Å². The summed E-state index contributed by atoms with van der Waals surface area (Å²) in [7, 11) is 0. The van der Waals surface area contributed by atoms with Gasteiger partial charge in [0.1, 0.15) is 68.0 Å². The third-order valence-electron chi connectivity index (χ3n) is 21.5. The topological polar surface area (TPSA) is 422 Å². The van der Waals surface area contributed by atoms with Gasteiger partial charge < -0.3 is 88.7 Å². The highest BCUT2D eigenvalue weighted by Crippen LogP contribution is 2.38. The Labute approximate surface area is 698 Å². The monoisotopic (exact) mass is 1720 g/mol. The van der Waals surface area contributed by atoms with Crippen LogP contribution in [0.3, 0.4) is 0 Å². The number of halogens is 5. The van der Waals surface area contributed by atoms with E-state index in [1.807, 2.05) is 41.5 Å². The number of carbonyl (C=O) groups is 14. The van der Waals surface area contributed by atoms with Crippen LogP contribution in [0.4, 0.5) is 22.0 Å². The van der Waals surface area contributed by atoms with Crippen LogP contribution in [0.15, 0.2) is 0 Å². The normalized spacial score (nSPS) is 23.2. The first-order valence-electron chi connectivity index (χ1n) is 41.7. The number of amides is 6. The predicted octanol–water partition coefficient (Wildman–Crippen LogP) is 8.00. The maximum absolute atomic E-state index is 14.6. The van der Waals surface area contributed by atoms with E-state index in [2.05, 4.69) is 31.9 Å². The molecule has 6 amide bonds. The number of benzene rings is 1. The Hall–Kier alpha value is -8.39. The van der Waals surface area contributed by atoms with Crippen molar-refractivity contribution >= 4 is 82.8 Å². The third-order valence-corrected chi connectivity index (χ3v) is 21.5. The van der Waals surface area contributed by atoms with Crippen molar-refractivity contribution in [3.63, 3.8) is 0 Å². The number of ether oxygens (including phenoxy) is 12. The number of esters is 6.